The number of nitrogens with zero attached hydrogens (tertiary/aromatic N) is 3. The Labute approximate surface area is 134 Å². The Kier molecular flexibility index (Phi) is 3.59. The zero-order valence-electron chi connectivity index (χ0n) is 13.0. The molecule has 0 amide bonds. The van der Waals surface area contributed by atoms with Gasteiger partial charge in [0.15, 0.2) is 0 Å². The average molecular weight is 309 g/mol. The highest BCUT2D eigenvalue weighted by atomic mass is 16.5. The van der Waals surface area contributed by atoms with Crippen molar-refractivity contribution in [1.82, 2.24) is 25.1 Å². The van der Waals surface area contributed by atoms with E-state index in [2.05, 4.69) is 31.1 Å². The lowest BCUT2D eigenvalue weighted by Crippen LogP contribution is -2.30. The van der Waals surface area contributed by atoms with Gasteiger partial charge in [0.2, 0.25) is 0 Å². The number of H-pyrrole nitrogens is 2. The third-order valence-corrected chi connectivity index (χ3v) is 4.28. The molecule has 3 heterocycles. The number of aromatic amines is 2. The fourth-order valence-corrected chi connectivity index (χ4v) is 3.09. The standard InChI is InChI=1S/C17H19N5O/c1-23-13-4-2-3-12(9-13)17-14-10-22(8-5-15(14)20-21-17)11-16-18-6-7-19-16/h2-4,6-7,9H,5,8,10-11H2,1H3,(H,18,19)(H,20,21). The highest BCUT2D eigenvalue weighted by Gasteiger charge is 2.23. The molecule has 0 bridgehead atoms. The predicted molar refractivity (Wildman–Crippen MR) is 87.0 cm³/mol. The van der Waals surface area contributed by atoms with Crippen molar-refractivity contribution in [1.29, 1.82) is 0 Å². The second-order valence-corrected chi connectivity index (χ2v) is 5.76. The van der Waals surface area contributed by atoms with Crippen LogP contribution in [0.4, 0.5) is 0 Å². The molecule has 0 saturated carbocycles. The Bertz CT molecular complexity index is 793. The van der Waals surface area contributed by atoms with Crippen LogP contribution in [0.2, 0.25) is 0 Å². The lowest BCUT2D eigenvalue weighted by molar-refractivity contribution is 0.239. The predicted octanol–water partition coefficient (Wildman–Crippen LogP) is 2.37. The van der Waals surface area contributed by atoms with Gasteiger partial charge in [-0.05, 0) is 12.1 Å². The van der Waals surface area contributed by atoms with Gasteiger partial charge in [-0.3, -0.25) is 10.00 Å². The number of ether oxygens (including phenoxy) is 1. The first-order valence-corrected chi connectivity index (χ1v) is 7.74. The Balaban J connectivity index is 1.61. The molecule has 1 aliphatic heterocycles. The van der Waals surface area contributed by atoms with Gasteiger partial charge < -0.3 is 9.72 Å². The van der Waals surface area contributed by atoms with Crippen LogP contribution in [0.5, 0.6) is 5.75 Å². The van der Waals surface area contributed by atoms with Crippen molar-refractivity contribution in [3.8, 4) is 17.0 Å². The van der Waals surface area contributed by atoms with E-state index in [1.54, 1.807) is 13.3 Å². The van der Waals surface area contributed by atoms with Crippen LogP contribution in [-0.2, 0) is 19.5 Å². The van der Waals surface area contributed by atoms with Gasteiger partial charge in [0.25, 0.3) is 0 Å². The number of aromatic nitrogens is 4. The Morgan fingerprint density at radius 2 is 2.30 bits per heavy atom. The summed E-state index contributed by atoms with van der Waals surface area (Å²) in [4.78, 5) is 9.88. The number of hydrogen-bond acceptors (Lipinski definition) is 4. The molecule has 0 radical (unpaired) electrons. The molecule has 0 atom stereocenters. The van der Waals surface area contributed by atoms with Crippen molar-refractivity contribution in [3.05, 3.63) is 53.7 Å². The van der Waals surface area contributed by atoms with Gasteiger partial charge in [-0.25, -0.2) is 4.98 Å². The van der Waals surface area contributed by atoms with Crippen molar-refractivity contribution in [2.75, 3.05) is 13.7 Å². The van der Waals surface area contributed by atoms with E-state index in [4.69, 9.17) is 4.74 Å². The van der Waals surface area contributed by atoms with Crippen molar-refractivity contribution >= 4 is 0 Å². The summed E-state index contributed by atoms with van der Waals surface area (Å²) < 4.78 is 5.33. The molecule has 118 valence electrons. The summed E-state index contributed by atoms with van der Waals surface area (Å²) in [7, 11) is 1.68. The van der Waals surface area contributed by atoms with Gasteiger partial charge in [-0.1, -0.05) is 12.1 Å². The number of benzene rings is 1. The first-order valence-electron chi connectivity index (χ1n) is 7.74. The minimum Gasteiger partial charge on any atom is -0.497 e. The van der Waals surface area contributed by atoms with E-state index in [-0.39, 0.29) is 0 Å². The lowest BCUT2D eigenvalue weighted by atomic mass is 10.0. The SMILES string of the molecule is COc1cccc(-c2n[nH]c3c2CN(Cc2ncc[nH]2)CC3)c1. The molecule has 4 rings (SSSR count). The molecule has 0 aliphatic carbocycles. The van der Waals surface area contributed by atoms with Crippen LogP contribution >= 0.6 is 0 Å². The van der Waals surface area contributed by atoms with Crippen LogP contribution in [0.1, 0.15) is 17.1 Å². The third kappa shape index (κ3) is 2.73. The molecular formula is C17H19N5O. The molecule has 23 heavy (non-hydrogen) atoms. The maximum absolute atomic E-state index is 5.33. The van der Waals surface area contributed by atoms with E-state index in [1.165, 1.54) is 11.3 Å². The number of hydrogen-bond donors (Lipinski definition) is 2. The fourth-order valence-electron chi connectivity index (χ4n) is 3.09. The van der Waals surface area contributed by atoms with Crippen molar-refractivity contribution < 1.29 is 4.74 Å². The molecule has 1 aliphatic rings. The molecule has 0 saturated heterocycles. The minimum atomic E-state index is 0.829. The summed E-state index contributed by atoms with van der Waals surface area (Å²) in [5, 5.41) is 7.74. The molecule has 2 N–H and O–H groups in total. The molecule has 3 aromatic rings. The topological polar surface area (TPSA) is 69.8 Å². The van der Waals surface area contributed by atoms with E-state index in [9.17, 15) is 0 Å². The summed E-state index contributed by atoms with van der Waals surface area (Å²) in [5.74, 6) is 1.85. The molecular weight excluding hydrogens is 290 g/mol. The number of fused-ring (bicyclic) bond motifs is 1. The largest absolute Gasteiger partial charge is 0.497 e. The van der Waals surface area contributed by atoms with E-state index in [0.29, 0.717) is 0 Å². The highest BCUT2D eigenvalue weighted by Crippen LogP contribution is 2.30. The smallest absolute Gasteiger partial charge is 0.120 e. The van der Waals surface area contributed by atoms with Crippen LogP contribution in [0.25, 0.3) is 11.3 Å². The summed E-state index contributed by atoms with van der Waals surface area (Å²) in [5.41, 5.74) is 4.61. The first-order chi connectivity index (χ1) is 11.3. The molecule has 1 aromatic carbocycles. The number of methoxy groups -OCH3 is 1. The van der Waals surface area contributed by atoms with Crippen LogP contribution in [0.15, 0.2) is 36.7 Å². The summed E-state index contributed by atoms with van der Waals surface area (Å²) in [6.45, 7) is 2.71. The zero-order chi connectivity index (χ0) is 15.6. The van der Waals surface area contributed by atoms with Gasteiger partial charge >= 0.3 is 0 Å². The Morgan fingerprint density at radius 1 is 1.35 bits per heavy atom. The van der Waals surface area contributed by atoms with Crippen LogP contribution in [-0.4, -0.2) is 38.7 Å². The minimum absolute atomic E-state index is 0.829. The van der Waals surface area contributed by atoms with E-state index < -0.39 is 0 Å². The lowest BCUT2D eigenvalue weighted by Gasteiger charge is -2.26. The van der Waals surface area contributed by atoms with Crippen LogP contribution in [0.3, 0.4) is 0 Å². The monoisotopic (exact) mass is 309 g/mol. The van der Waals surface area contributed by atoms with Gasteiger partial charge in [-0.15, -0.1) is 0 Å². The second-order valence-electron chi connectivity index (χ2n) is 5.76. The van der Waals surface area contributed by atoms with Gasteiger partial charge in [-0.2, -0.15) is 5.10 Å². The zero-order valence-corrected chi connectivity index (χ0v) is 13.0. The molecule has 0 unspecified atom stereocenters. The summed E-state index contributed by atoms with van der Waals surface area (Å²) >= 11 is 0. The van der Waals surface area contributed by atoms with E-state index in [1.807, 2.05) is 24.4 Å². The molecule has 6 heteroatoms. The van der Waals surface area contributed by atoms with Gasteiger partial charge in [0.1, 0.15) is 11.6 Å². The molecule has 2 aromatic heterocycles. The molecule has 0 fully saturated rings. The van der Waals surface area contributed by atoms with Crippen LogP contribution < -0.4 is 4.74 Å². The van der Waals surface area contributed by atoms with Crippen molar-refractivity contribution in [3.63, 3.8) is 0 Å². The quantitative estimate of drug-likeness (QED) is 0.776. The number of nitrogens with one attached hydrogen (secondary N) is 2. The fraction of sp³-hybridized carbons (Fsp3) is 0.294. The Morgan fingerprint density at radius 3 is 3.13 bits per heavy atom. The first kappa shape index (κ1) is 14.0. The van der Waals surface area contributed by atoms with E-state index >= 15 is 0 Å². The maximum atomic E-state index is 5.33. The number of rotatable bonds is 4. The molecule has 0 spiro atoms. The second kappa shape index (κ2) is 5.89. The van der Waals surface area contributed by atoms with Crippen molar-refractivity contribution in [2.45, 2.75) is 19.5 Å². The summed E-state index contributed by atoms with van der Waals surface area (Å²) in [6, 6.07) is 8.05. The average Bonchev–Trinajstić information content (AvgIpc) is 3.24. The maximum Gasteiger partial charge on any atom is 0.120 e. The van der Waals surface area contributed by atoms with Gasteiger partial charge in [0.05, 0.1) is 19.3 Å². The third-order valence-electron chi connectivity index (χ3n) is 4.28. The summed E-state index contributed by atoms with van der Waals surface area (Å²) in [6.07, 6.45) is 4.64. The Hall–Kier alpha value is -2.60. The van der Waals surface area contributed by atoms with Crippen LogP contribution in [0, 0.1) is 0 Å². The van der Waals surface area contributed by atoms with Crippen molar-refractivity contribution in [2.24, 2.45) is 0 Å². The van der Waals surface area contributed by atoms with E-state index in [0.717, 1.165) is 48.9 Å². The van der Waals surface area contributed by atoms with Gasteiger partial charge in [0, 0.05) is 48.7 Å². The highest BCUT2D eigenvalue weighted by molar-refractivity contribution is 5.65. The normalized spacial score (nSPS) is 14.7. The number of imidazole rings is 1. The molecule has 6 nitrogen and oxygen atoms in total.